The van der Waals surface area contributed by atoms with Crippen LogP contribution < -0.4 is 5.32 Å². The predicted molar refractivity (Wildman–Crippen MR) is 68.9 cm³/mol. The Balaban J connectivity index is 1.94. The first-order valence-corrected chi connectivity index (χ1v) is 7.18. The van der Waals surface area contributed by atoms with Crippen molar-refractivity contribution in [3.63, 3.8) is 0 Å². The van der Waals surface area contributed by atoms with E-state index in [2.05, 4.69) is 22.4 Å². The van der Waals surface area contributed by atoms with Gasteiger partial charge in [0.25, 0.3) is 0 Å². The average Bonchev–Trinajstić information content (AvgIpc) is 2.73. The van der Waals surface area contributed by atoms with Crippen LogP contribution in [0.3, 0.4) is 0 Å². The molecule has 1 fully saturated rings. The van der Waals surface area contributed by atoms with Gasteiger partial charge in [-0.05, 0) is 32.1 Å². The first-order chi connectivity index (χ1) is 7.79. The summed E-state index contributed by atoms with van der Waals surface area (Å²) in [4.78, 5) is 0. The normalized spacial score (nSPS) is 19.6. The summed E-state index contributed by atoms with van der Waals surface area (Å²) in [7, 11) is 0. The highest BCUT2D eigenvalue weighted by Crippen LogP contribution is 2.30. The zero-order valence-electron chi connectivity index (χ0n) is 10.2. The number of nitrogens with one attached hydrogen (secondary N) is 1. The van der Waals surface area contributed by atoms with E-state index in [4.69, 9.17) is 0 Å². The highest BCUT2D eigenvalue weighted by molar-refractivity contribution is 7.15. The van der Waals surface area contributed by atoms with Crippen LogP contribution >= 0.6 is 11.3 Å². The molecule has 1 atom stereocenters. The summed E-state index contributed by atoms with van der Waals surface area (Å²) in [6, 6.07) is 0.590. The van der Waals surface area contributed by atoms with Gasteiger partial charge in [0.05, 0.1) is 0 Å². The lowest BCUT2D eigenvalue weighted by atomic mass is 9.83. The monoisotopic (exact) mass is 239 g/mol. The van der Waals surface area contributed by atoms with Crippen molar-refractivity contribution in [1.82, 2.24) is 10.2 Å². The van der Waals surface area contributed by atoms with Crippen molar-refractivity contribution in [2.24, 2.45) is 5.92 Å². The molecule has 0 spiro atoms. The van der Waals surface area contributed by atoms with Gasteiger partial charge in [-0.25, -0.2) is 0 Å². The Bertz CT molecular complexity index is 318. The van der Waals surface area contributed by atoms with Gasteiger partial charge >= 0.3 is 0 Å². The third-order valence-corrected chi connectivity index (χ3v) is 4.26. The molecule has 1 aliphatic carbocycles. The molecule has 1 saturated carbocycles. The Labute approximate surface area is 102 Å². The number of aryl methyl sites for hydroxylation is 1. The van der Waals surface area contributed by atoms with Crippen LogP contribution in [0.4, 0.5) is 5.13 Å². The van der Waals surface area contributed by atoms with E-state index < -0.39 is 0 Å². The highest BCUT2D eigenvalue weighted by atomic mass is 32.1. The van der Waals surface area contributed by atoms with E-state index in [9.17, 15) is 0 Å². The zero-order chi connectivity index (χ0) is 11.4. The third kappa shape index (κ3) is 2.94. The third-order valence-electron chi connectivity index (χ3n) is 3.49. The molecule has 1 aromatic heterocycles. The molecule has 0 aromatic carbocycles. The van der Waals surface area contributed by atoms with Crippen LogP contribution in [0.2, 0.25) is 0 Å². The van der Waals surface area contributed by atoms with E-state index >= 15 is 0 Å². The van der Waals surface area contributed by atoms with E-state index in [1.807, 2.05) is 6.92 Å². The average molecular weight is 239 g/mol. The number of nitrogens with zero attached hydrogens (tertiary/aromatic N) is 2. The summed E-state index contributed by atoms with van der Waals surface area (Å²) in [5.41, 5.74) is 0. The molecule has 2 rings (SSSR count). The molecule has 0 amide bonds. The Morgan fingerprint density at radius 1 is 1.31 bits per heavy atom. The smallest absolute Gasteiger partial charge is 0.205 e. The summed E-state index contributed by atoms with van der Waals surface area (Å²) < 4.78 is 0. The quantitative estimate of drug-likeness (QED) is 0.872. The first-order valence-electron chi connectivity index (χ1n) is 6.36. The summed E-state index contributed by atoms with van der Waals surface area (Å²) in [5, 5.41) is 13.8. The predicted octanol–water partition coefficient (Wildman–Crippen LogP) is 3.62. The Hall–Kier alpha value is -0.640. The fourth-order valence-electron chi connectivity index (χ4n) is 2.60. The molecule has 90 valence electrons. The fraction of sp³-hybridized carbons (Fsp3) is 0.833. The molecule has 0 bridgehead atoms. The van der Waals surface area contributed by atoms with Crippen molar-refractivity contribution < 1.29 is 0 Å². The molecule has 0 aliphatic heterocycles. The van der Waals surface area contributed by atoms with E-state index in [1.54, 1.807) is 11.3 Å². The molecule has 0 radical (unpaired) electrons. The maximum Gasteiger partial charge on any atom is 0.205 e. The van der Waals surface area contributed by atoms with Crippen molar-refractivity contribution in [3.8, 4) is 0 Å². The fourth-order valence-corrected chi connectivity index (χ4v) is 3.26. The molecule has 1 heterocycles. The van der Waals surface area contributed by atoms with Gasteiger partial charge < -0.3 is 5.32 Å². The topological polar surface area (TPSA) is 37.8 Å². The second kappa shape index (κ2) is 5.62. The zero-order valence-corrected chi connectivity index (χ0v) is 11.0. The van der Waals surface area contributed by atoms with Crippen LogP contribution in [-0.4, -0.2) is 16.2 Å². The summed E-state index contributed by atoms with van der Waals surface area (Å²) in [6.45, 7) is 4.27. The lowest BCUT2D eigenvalue weighted by molar-refractivity contribution is 0.313. The number of rotatable bonds is 4. The SMILES string of the molecule is CCC(Nc1nnc(C)s1)C1CCCCC1. The van der Waals surface area contributed by atoms with E-state index in [1.165, 1.54) is 38.5 Å². The standard InChI is InChI=1S/C12H21N3S/c1-3-11(10-7-5-4-6-8-10)13-12-15-14-9(2)16-12/h10-11H,3-8H2,1-2H3,(H,13,15). The second-order valence-corrected chi connectivity index (χ2v) is 5.87. The lowest BCUT2D eigenvalue weighted by Gasteiger charge is -2.29. The lowest BCUT2D eigenvalue weighted by Crippen LogP contribution is -2.30. The van der Waals surface area contributed by atoms with E-state index in [0.29, 0.717) is 6.04 Å². The van der Waals surface area contributed by atoms with Crippen molar-refractivity contribution in [2.45, 2.75) is 58.4 Å². The molecular weight excluding hydrogens is 218 g/mol. The van der Waals surface area contributed by atoms with Gasteiger partial charge in [0.15, 0.2) is 0 Å². The molecule has 3 nitrogen and oxygen atoms in total. The Morgan fingerprint density at radius 3 is 2.62 bits per heavy atom. The Morgan fingerprint density at radius 2 is 2.06 bits per heavy atom. The molecule has 1 aliphatic rings. The molecule has 1 unspecified atom stereocenters. The molecule has 16 heavy (non-hydrogen) atoms. The van der Waals surface area contributed by atoms with Gasteiger partial charge in [-0.2, -0.15) is 0 Å². The Kier molecular flexibility index (Phi) is 4.16. The number of anilines is 1. The first kappa shape index (κ1) is 11.8. The van der Waals surface area contributed by atoms with Crippen LogP contribution in [0.5, 0.6) is 0 Å². The molecule has 1 N–H and O–H groups in total. The van der Waals surface area contributed by atoms with Crippen LogP contribution in [0, 0.1) is 12.8 Å². The summed E-state index contributed by atoms with van der Waals surface area (Å²) >= 11 is 1.66. The van der Waals surface area contributed by atoms with Crippen molar-refractivity contribution >= 4 is 16.5 Å². The van der Waals surface area contributed by atoms with E-state index in [-0.39, 0.29) is 0 Å². The van der Waals surface area contributed by atoms with Crippen molar-refractivity contribution in [1.29, 1.82) is 0 Å². The minimum Gasteiger partial charge on any atom is -0.357 e. The van der Waals surface area contributed by atoms with Crippen LogP contribution in [-0.2, 0) is 0 Å². The molecule has 0 saturated heterocycles. The van der Waals surface area contributed by atoms with Crippen LogP contribution in [0.25, 0.3) is 0 Å². The van der Waals surface area contributed by atoms with Gasteiger partial charge in [0, 0.05) is 6.04 Å². The van der Waals surface area contributed by atoms with Gasteiger partial charge in [-0.1, -0.05) is 37.5 Å². The number of hydrogen-bond acceptors (Lipinski definition) is 4. The number of hydrogen-bond donors (Lipinski definition) is 1. The largest absolute Gasteiger partial charge is 0.357 e. The minimum atomic E-state index is 0.590. The van der Waals surface area contributed by atoms with Crippen LogP contribution in [0.15, 0.2) is 0 Å². The highest BCUT2D eigenvalue weighted by Gasteiger charge is 2.22. The maximum atomic E-state index is 4.16. The molecule has 1 aromatic rings. The van der Waals surface area contributed by atoms with Crippen molar-refractivity contribution in [2.75, 3.05) is 5.32 Å². The maximum absolute atomic E-state index is 4.16. The molecular formula is C12H21N3S. The van der Waals surface area contributed by atoms with Gasteiger partial charge in [0.1, 0.15) is 5.01 Å². The van der Waals surface area contributed by atoms with Crippen molar-refractivity contribution in [3.05, 3.63) is 5.01 Å². The van der Waals surface area contributed by atoms with Gasteiger partial charge in [-0.3, -0.25) is 0 Å². The van der Waals surface area contributed by atoms with Gasteiger partial charge in [-0.15, -0.1) is 10.2 Å². The van der Waals surface area contributed by atoms with Gasteiger partial charge in [0.2, 0.25) is 5.13 Å². The summed E-state index contributed by atoms with van der Waals surface area (Å²) in [6.07, 6.45) is 8.16. The van der Waals surface area contributed by atoms with Crippen LogP contribution in [0.1, 0.15) is 50.5 Å². The summed E-state index contributed by atoms with van der Waals surface area (Å²) in [5.74, 6) is 0.836. The minimum absolute atomic E-state index is 0.590. The molecule has 4 heteroatoms. The van der Waals surface area contributed by atoms with E-state index in [0.717, 1.165) is 16.1 Å². The number of aromatic nitrogens is 2. The second-order valence-electron chi connectivity index (χ2n) is 4.68.